The molecule has 2 N–H and O–H groups in total. The highest BCUT2D eigenvalue weighted by Crippen LogP contribution is 2.63. The van der Waals surface area contributed by atoms with Crippen LogP contribution in [0, 0.1) is 30.1 Å². The van der Waals surface area contributed by atoms with E-state index in [1.807, 2.05) is 0 Å². The summed E-state index contributed by atoms with van der Waals surface area (Å²) in [6.07, 6.45) is 11.4. The minimum atomic E-state index is -0.332. The lowest BCUT2D eigenvalue weighted by Crippen LogP contribution is -2.64. The topological polar surface area (TPSA) is 37.2 Å². The lowest BCUT2D eigenvalue weighted by Gasteiger charge is -2.64. The van der Waals surface area contributed by atoms with Gasteiger partial charge in [-0.15, -0.1) is 0 Å². The zero-order valence-corrected chi connectivity index (χ0v) is 19.7. The molecule has 7 rings (SSSR count). The number of fused-ring (bicyclic) bond motifs is 3. The van der Waals surface area contributed by atoms with Crippen LogP contribution >= 0.6 is 0 Å². The Labute approximate surface area is 187 Å². The molecule has 3 atom stereocenters. The molecule has 4 bridgehead atoms. The number of nitrogens with zero attached hydrogens (tertiary/aromatic N) is 1. The molecule has 3 unspecified atom stereocenters. The fourth-order valence-electron chi connectivity index (χ4n) is 8.59. The molecule has 3 heteroatoms. The van der Waals surface area contributed by atoms with Gasteiger partial charge in [-0.3, -0.25) is 0 Å². The number of aliphatic hydroxyl groups is 1. The zero-order valence-electron chi connectivity index (χ0n) is 19.7. The van der Waals surface area contributed by atoms with Crippen molar-refractivity contribution in [1.82, 2.24) is 9.88 Å². The largest absolute Gasteiger partial charge is 0.390 e. The molecule has 0 aliphatic heterocycles. The highest BCUT2D eigenvalue weighted by Gasteiger charge is 2.58. The summed E-state index contributed by atoms with van der Waals surface area (Å²) >= 11 is 0. The molecule has 0 spiro atoms. The molecule has 1 aromatic carbocycles. The summed E-state index contributed by atoms with van der Waals surface area (Å²) in [4.78, 5) is 0. The third-order valence-electron chi connectivity index (χ3n) is 9.71. The molecule has 0 amide bonds. The molecule has 1 heterocycles. The first-order valence-electron chi connectivity index (χ1n) is 12.9. The maximum atomic E-state index is 11.2. The SMILES string of the molecule is Cc1ccc2c(c1)c1c(n2CC(O)CNC23CC4CC(C)(CC(C2)C4C)C3)CCCC1. The fraction of sp³-hybridized carbons (Fsp3) is 0.714. The summed E-state index contributed by atoms with van der Waals surface area (Å²) in [5.41, 5.74) is 6.51. The number of β-amino-alcohol motifs (C(OH)–C–C–N with tert-alkyl or cyclic N) is 1. The van der Waals surface area contributed by atoms with E-state index in [4.69, 9.17) is 0 Å². The fourth-order valence-corrected chi connectivity index (χ4v) is 8.59. The highest BCUT2D eigenvalue weighted by atomic mass is 16.3. The summed E-state index contributed by atoms with van der Waals surface area (Å²) in [6.45, 7) is 8.67. The van der Waals surface area contributed by atoms with Crippen LogP contribution in [-0.4, -0.2) is 27.9 Å². The molecule has 168 valence electrons. The maximum absolute atomic E-state index is 11.2. The van der Waals surface area contributed by atoms with Crippen LogP contribution in [0.3, 0.4) is 0 Å². The lowest BCUT2D eigenvalue weighted by atomic mass is 9.44. The second-order valence-electron chi connectivity index (χ2n) is 12.3. The number of benzene rings is 1. The van der Waals surface area contributed by atoms with Crippen LogP contribution < -0.4 is 5.32 Å². The van der Waals surface area contributed by atoms with Crippen LogP contribution in [0.15, 0.2) is 18.2 Å². The van der Waals surface area contributed by atoms with Crippen LogP contribution in [0.2, 0.25) is 0 Å². The third kappa shape index (κ3) is 3.30. The van der Waals surface area contributed by atoms with Gasteiger partial charge in [0.1, 0.15) is 0 Å². The molecule has 0 radical (unpaired) electrons. The molecule has 2 aromatic rings. The van der Waals surface area contributed by atoms with Crippen molar-refractivity contribution in [2.24, 2.45) is 23.2 Å². The van der Waals surface area contributed by atoms with Crippen LogP contribution in [0.25, 0.3) is 10.9 Å². The van der Waals surface area contributed by atoms with Crippen LogP contribution in [0.4, 0.5) is 0 Å². The number of aromatic nitrogens is 1. The standard InChI is InChI=1S/C28H40N2O/c1-18-8-9-26-24(10-18)23-6-4-5-7-25(23)30(26)16-22(31)15-29-28-13-20-11-27(3,17-28)12-21(14-28)19(20)2/h8-10,19-22,29,31H,4-7,11-17H2,1-3H3. The minimum absolute atomic E-state index is 0.281. The van der Waals surface area contributed by atoms with E-state index in [1.165, 1.54) is 73.5 Å². The molecule has 1 aromatic heterocycles. The Morgan fingerprint density at radius 3 is 2.65 bits per heavy atom. The number of hydrogen-bond acceptors (Lipinski definition) is 2. The van der Waals surface area contributed by atoms with Gasteiger partial charge in [0.2, 0.25) is 0 Å². The van der Waals surface area contributed by atoms with Gasteiger partial charge in [-0.1, -0.05) is 25.5 Å². The molecule has 31 heavy (non-hydrogen) atoms. The Hall–Kier alpha value is -1.32. The summed E-state index contributed by atoms with van der Waals surface area (Å²) in [5, 5.41) is 16.6. The monoisotopic (exact) mass is 420 g/mol. The van der Waals surface area contributed by atoms with E-state index < -0.39 is 0 Å². The predicted molar refractivity (Wildman–Crippen MR) is 127 cm³/mol. The number of hydrogen-bond donors (Lipinski definition) is 2. The van der Waals surface area contributed by atoms with E-state index in [0.29, 0.717) is 5.41 Å². The average Bonchev–Trinajstić information content (AvgIpc) is 3.02. The lowest BCUT2D eigenvalue weighted by molar-refractivity contribution is -0.108. The molecular weight excluding hydrogens is 380 g/mol. The molecular formula is C28H40N2O. The van der Waals surface area contributed by atoms with Gasteiger partial charge in [-0.25, -0.2) is 0 Å². The molecule has 5 aliphatic rings. The molecule has 0 saturated heterocycles. The predicted octanol–water partition coefficient (Wildman–Crippen LogP) is 5.38. The van der Waals surface area contributed by atoms with Crippen molar-refractivity contribution in [3.05, 3.63) is 35.0 Å². The smallest absolute Gasteiger partial charge is 0.0843 e. The van der Waals surface area contributed by atoms with E-state index in [2.05, 4.69) is 48.9 Å². The van der Waals surface area contributed by atoms with E-state index in [1.54, 1.807) is 5.56 Å². The second-order valence-corrected chi connectivity index (χ2v) is 12.3. The van der Waals surface area contributed by atoms with Gasteiger partial charge in [0.05, 0.1) is 12.6 Å². The van der Waals surface area contributed by atoms with Crippen molar-refractivity contribution in [3.63, 3.8) is 0 Å². The molecule has 3 nitrogen and oxygen atoms in total. The van der Waals surface area contributed by atoms with Gasteiger partial charge in [0.25, 0.3) is 0 Å². The highest BCUT2D eigenvalue weighted by molar-refractivity contribution is 5.86. The van der Waals surface area contributed by atoms with Crippen molar-refractivity contribution in [1.29, 1.82) is 0 Å². The van der Waals surface area contributed by atoms with E-state index in [0.717, 1.165) is 37.3 Å². The first kappa shape index (κ1) is 20.3. The van der Waals surface area contributed by atoms with Crippen LogP contribution in [0.5, 0.6) is 0 Å². The van der Waals surface area contributed by atoms with Gasteiger partial charge in [-0.05, 0) is 106 Å². The van der Waals surface area contributed by atoms with Crippen LogP contribution in [0.1, 0.15) is 75.6 Å². The van der Waals surface area contributed by atoms with Gasteiger partial charge < -0.3 is 15.0 Å². The minimum Gasteiger partial charge on any atom is -0.390 e. The Kier molecular flexibility index (Phi) is 4.64. The van der Waals surface area contributed by atoms with Crippen molar-refractivity contribution >= 4 is 10.9 Å². The van der Waals surface area contributed by atoms with Gasteiger partial charge >= 0.3 is 0 Å². The Morgan fingerprint density at radius 2 is 1.87 bits per heavy atom. The zero-order chi connectivity index (χ0) is 21.4. The molecule has 4 fully saturated rings. The summed E-state index contributed by atoms with van der Waals surface area (Å²) in [5.74, 6) is 2.67. The third-order valence-corrected chi connectivity index (χ3v) is 9.71. The number of rotatable bonds is 5. The Balaban J connectivity index is 1.21. The number of nitrogens with one attached hydrogen (secondary N) is 1. The summed E-state index contributed by atoms with van der Waals surface area (Å²) in [6, 6.07) is 6.87. The van der Waals surface area contributed by atoms with Gasteiger partial charge in [0.15, 0.2) is 0 Å². The van der Waals surface area contributed by atoms with E-state index in [-0.39, 0.29) is 11.6 Å². The summed E-state index contributed by atoms with van der Waals surface area (Å²) < 4.78 is 2.46. The van der Waals surface area contributed by atoms with E-state index >= 15 is 0 Å². The summed E-state index contributed by atoms with van der Waals surface area (Å²) in [7, 11) is 0. The van der Waals surface area contributed by atoms with Crippen molar-refractivity contribution in [2.45, 2.75) is 96.7 Å². The van der Waals surface area contributed by atoms with Crippen molar-refractivity contribution < 1.29 is 5.11 Å². The second kappa shape index (κ2) is 7.09. The quantitative estimate of drug-likeness (QED) is 0.681. The first-order chi connectivity index (χ1) is 14.8. The van der Waals surface area contributed by atoms with E-state index in [9.17, 15) is 5.11 Å². The maximum Gasteiger partial charge on any atom is 0.0843 e. The normalized spacial score (nSPS) is 37.4. The number of aliphatic hydroxyl groups excluding tert-OH is 1. The van der Waals surface area contributed by atoms with Crippen molar-refractivity contribution in [3.8, 4) is 0 Å². The molecule has 5 aliphatic carbocycles. The van der Waals surface area contributed by atoms with Crippen LogP contribution in [-0.2, 0) is 19.4 Å². The Bertz CT molecular complexity index is 988. The van der Waals surface area contributed by atoms with Gasteiger partial charge in [0, 0.05) is 28.7 Å². The molecule has 4 saturated carbocycles. The first-order valence-corrected chi connectivity index (χ1v) is 12.9. The number of aryl methyl sites for hydroxylation is 2. The Morgan fingerprint density at radius 1 is 1.13 bits per heavy atom. The van der Waals surface area contributed by atoms with Gasteiger partial charge in [-0.2, -0.15) is 0 Å². The average molecular weight is 421 g/mol. The van der Waals surface area contributed by atoms with Crippen molar-refractivity contribution in [2.75, 3.05) is 6.54 Å².